The molecule has 1 fully saturated rings. The van der Waals surface area contributed by atoms with Gasteiger partial charge in [-0.15, -0.1) is 0 Å². The van der Waals surface area contributed by atoms with E-state index in [-0.39, 0.29) is 58.8 Å². The average molecular weight is 420 g/mol. The zero-order valence-corrected chi connectivity index (χ0v) is 22.2. The summed E-state index contributed by atoms with van der Waals surface area (Å²) in [5.41, 5.74) is 1.44. The minimum Gasteiger partial charge on any atom is -0.367 e. The molecule has 1 nitrogen and oxygen atoms in total. The van der Waals surface area contributed by atoms with Gasteiger partial charge < -0.3 is 24.8 Å². The molecule has 0 amide bonds. The van der Waals surface area contributed by atoms with Crippen molar-refractivity contribution in [3.63, 3.8) is 0 Å². The van der Waals surface area contributed by atoms with Crippen LogP contribution in [-0.4, -0.2) is 6.29 Å². The van der Waals surface area contributed by atoms with Gasteiger partial charge in [0.25, 0.3) is 0 Å². The van der Waals surface area contributed by atoms with Gasteiger partial charge in [0.05, 0.1) is 0 Å². The zero-order chi connectivity index (χ0) is 19.1. The quantitative estimate of drug-likeness (QED) is 0.210. The largest absolute Gasteiger partial charge is 1.00 e. The molecule has 0 aromatic heterocycles. The Morgan fingerprint density at radius 2 is 1.46 bits per heavy atom. The summed E-state index contributed by atoms with van der Waals surface area (Å²) in [4.78, 5) is 9.57. The number of benzene rings is 3. The second-order valence-electron chi connectivity index (χ2n) is 7.34. The van der Waals surface area contributed by atoms with Gasteiger partial charge in [-0.05, 0) is 58.0 Å². The van der Waals surface area contributed by atoms with E-state index < -0.39 is 0 Å². The van der Waals surface area contributed by atoms with Crippen molar-refractivity contribution in [2.75, 3.05) is 0 Å². The van der Waals surface area contributed by atoms with Gasteiger partial charge in [0.2, 0.25) is 0 Å². The van der Waals surface area contributed by atoms with Crippen LogP contribution in [0.2, 0.25) is 0 Å². The summed E-state index contributed by atoms with van der Waals surface area (Å²) in [6, 6.07) is 19.8. The first-order chi connectivity index (χ1) is 12.4. The fourth-order valence-corrected chi connectivity index (χ4v) is 2.73. The van der Waals surface area contributed by atoms with Crippen LogP contribution in [0.1, 0.15) is 52.0 Å². The van der Waals surface area contributed by atoms with Crippen molar-refractivity contribution < 1.29 is 56.2 Å². The number of carbonyl (C=O) groups is 1. The van der Waals surface area contributed by atoms with E-state index in [1.165, 1.54) is 27.1 Å². The SMILES string of the molecule is CC(C)c1cccc2cc3ccccc3cc12.C[C-](C)S.O=CC1CC1.[CH3-].[K+]. The molecule has 0 unspecified atom stereocenters. The smallest absolute Gasteiger partial charge is 0.367 e. The average Bonchev–Trinajstić information content (AvgIpc) is 3.44. The van der Waals surface area contributed by atoms with Crippen molar-refractivity contribution in [2.24, 2.45) is 5.92 Å². The van der Waals surface area contributed by atoms with Crippen molar-refractivity contribution in [2.45, 2.75) is 46.5 Å². The number of thiol groups is 1. The van der Waals surface area contributed by atoms with Gasteiger partial charge in [-0.25, -0.2) is 0 Å². The molecule has 0 saturated heterocycles. The second kappa shape index (κ2) is 13.9. The van der Waals surface area contributed by atoms with Crippen molar-refractivity contribution >= 4 is 40.5 Å². The van der Waals surface area contributed by atoms with Gasteiger partial charge in [0.15, 0.2) is 0 Å². The van der Waals surface area contributed by atoms with Crippen LogP contribution in [0.5, 0.6) is 0 Å². The standard InChI is InChI=1S/C17H16.C4H6O.C3H7S.CH3.K/c1-12(2)16-9-5-8-15-10-13-6-3-4-7-14(13)11-17(15)16;5-3-4-1-2-4;1-3(2)4;;/h3-12H,1-2H3;3-4H,1-2H2;4H,1-2H3;1H3;/q;;2*-1;+1. The summed E-state index contributed by atoms with van der Waals surface area (Å²) in [5, 5.41) is 6.49. The number of hydrogen-bond acceptors (Lipinski definition) is 2. The third kappa shape index (κ3) is 9.11. The number of hydrogen-bond donors (Lipinski definition) is 1. The minimum atomic E-state index is 0. The summed E-state index contributed by atoms with van der Waals surface area (Å²) < 4.78 is 0. The monoisotopic (exact) mass is 419 g/mol. The molecule has 146 valence electrons. The molecule has 1 aliphatic rings. The maximum Gasteiger partial charge on any atom is 1.00 e. The Labute approximate surface area is 219 Å². The summed E-state index contributed by atoms with van der Waals surface area (Å²) in [7, 11) is 0. The molecule has 3 heteroatoms. The predicted octanol–water partition coefficient (Wildman–Crippen LogP) is 4.65. The Morgan fingerprint density at radius 3 is 1.89 bits per heavy atom. The third-order valence-corrected chi connectivity index (χ3v) is 4.22. The fourth-order valence-electron chi connectivity index (χ4n) is 2.73. The molecule has 28 heavy (non-hydrogen) atoms. The molecule has 4 rings (SSSR count). The number of rotatable bonds is 2. The molecule has 1 saturated carbocycles. The first kappa shape index (κ1) is 27.8. The Morgan fingerprint density at radius 1 is 0.964 bits per heavy atom. The maximum absolute atomic E-state index is 9.57. The molecule has 0 spiro atoms. The zero-order valence-electron chi connectivity index (χ0n) is 18.2. The van der Waals surface area contributed by atoms with Crippen LogP contribution >= 0.6 is 12.6 Å². The van der Waals surface area contributed by atoms with Crippen LogP contribution in [0.15, 0.2) is 54.6 Å². The predicted molar refractivity (Wildman–Crippen MR) is 124 cm³/mol. The molecule has 0 radical (unpaired) electrons. The Hall–Kier alpha value is -0.164. The van der Waals surface area contributed by atoms with Gasteiger partial charge >= 0.3 is 51.4 Å². The molecule has 1 aliphatic carbocycles. The molecule has 3 aromatic rings. The Bertz CT molecular complexity index is 851. The molecular weight excluding hydrogens is 387 g/mol. The van der Waals surface area contributed by atoms with Crippen LogP contribution in [0, 0.1) is 18.6 Å². The third-order valence-electron chi connectivity index (χ3n) is 4.22. The first-order valence-electron chi connectivity index (χ1n) is 9.28. The van der Waals surface area contributed by atoms with E-state index >= 15 is 0 Å². The molecule has 0 bridgehead atoms. The van der Waals surface area contributed by atoms with E-state index in [9.17, 15) is 4.79 Å². The second-order valence-corrected chi connectivity index (χ2v) is 8.24. The molecule has 0 aliphatic heterocycles. The van der Waals surface area contributed by atoms with E-state index in [2.05, 4.69) is 81.1 Å². The number of carbonyl (C=O) groups excluding carboxylic acids is 1. The Kier molecular flexibility index (Phi) is 13.9. The van der Waals surface area contributed by atoms with Crippen LogP contribution in [0.3, 0.4) is 0 Å². The van der Waals surface area contributed by atoms with Gasteiger partial charge in [-0.2, -0.15) is 13.8 Å². The van der Waals surface area contributed by atoms with E-state index in [4.69, 9.17) is 0 Å². The van der Waals surface area contributed by atoms with E-state index in [1.807, 2.05) is 13.8 Å². The summed E-state index contributed by atoms with van der Waals surface area (Å²) in [6.45, 7) is 8.40. The van der Waals surface area contributed by atoms with Gasteiger partial charge in [0, 0.05) is 5.92 Å². The van der Waals surface area contributed by atoms with Crippen molar-refractivity contribution in [3.05, 3.63) is 72.8 Å². The Balaban J connectivity index is 0.000000559. The van der Waals surface area contributed by atoms with Crippen molar-refractivity contribution in [1.82, 2.24) is 0 Å². The summed E-state index contributed by atoms with van der Waals surface area (Å²) >= 11 is 3.88. The van der Waals surface area contributed by atoms with Crippen LogP contribution in [0.4, 0.5) is 0 Å². The molecule has 0 N–H and O–H groups in total. The fraction of sp³-hybridized carbons (Fsp3) is 0.320. The van der Waals surface area contributed by atoms with E-state index in [1.54, 1.807) is 0 Å². The minimum absolute atomic E-state index is 0. The van der Waals surface area contributed by atoms with Crippen molar-refractivity contribution in [1.29, 1.82) is 0 Å². The molecular formula is C25H32KOS-. The maximum atomic E-state index is 9.57. The van der Waals surface area contributed by atoms with E-state index in [0.717, 1.165) is 24.4 Å². The normalized spacial score (nSPS) is 12.2. The number of aldehydes is 1. The number of fused-ring (bicyclic) bond motifs is 2. The summed E-state index contributed by atoms with van der Waals surface area (Å²) in [5.74, 6) is 1.02. The van der Waals surface area contributed by atoms with Gasteiger partial charge in [-0.3, -0.25) is 5.25 Å². The molecule has 0 atom stereocenters. The van der Waals surface area contributed by atoms with Crippen molar-refractivity contribution in [3.8, 4) is 0 Å². The topological polar surface area (TPSA) is 17.1 Å². The van der Waals surface area contributed by atoms with Crippen LogP contribution in [0.25, 0.3) is 21.5 Å². The van der Waals surface area contributed by atoms with Crippen LogP contribution < -0.4 is 51.4 Å². The van der Waals surface area contributed by atoms with Crippen LogP contribution in [-0.2, 0) is 4.79 Å². The summed E-state index contributed by atoms with van der Waals surface area (Å²) in [6.07, 6.45) is 3.31. The molecule has 3 aromatic carbocycles. The van der Waals surface area contributed by atoms with Gasteiger partial charge in [-0.1, -0.05) is 56.3 Å². The van der Waals surface area contributed by atoms with E-state index in [0.29, 0.717) is 11.8 Å². The molecule has 0 heterocycles. The first-order valence-corrected chi connectivity index (χ1v) is 9.73. The van der Waals surface area contributed by atoms with Gasteiger partial charge in [0.1, 0.15) is 6.29 Å².